The maximum Gasteiger partial charge on any atom is 0.0627 e. The van der Waals surface area contributed by atoms with Gasteiger partial charge in [0.25, 0.3) is 0 Å². The summed E-state index contributed by atoms with van der Waals surface area (Å²) in [5, 5.41) is 7.59. The first-order chi connectivity index (χ1) is 19.9. The molecule has 0 spiro atoms. The third kappa shape index (κ3) is 2.86. The van der Waals surface area contributed by atoms with Crippen LogP contribution in [0.2, 0.25) is 0 Å². The summed E-state index contributed by atoms with van der Waals surface area (Å²) in [6, 6.07) is 46.3. The molecule has 0 aliphatic carbocycles. The molecule has 4 aromatic heterocycles. The Balaban J connectivity index is 1.51. The Bertz CT molecular complexity index is 2430. The molecule has 0 radical (unpaired) electrons. The van der Waals surface area contributed by atoms with Crippen LogP contribution in [0.5, 0.6) is 0 Å². The number of rotatable bonds is 2. The summed E-state index contributed by atoms with van der Waals surface area (Å²) in [4.78, 5) is 4.22. The molecule has 0 aliphatic heterocycles. The van der Waals surface area contributed by atoms with Crippen LogP contribution >= 0.6 is 0 Å². The highest BCUT2D eigenvalue weighted by Crippen LogP contribution is 2.42. The molecule has 0 amide bonds. The van der Waals surface area contributed by atoms with Gasteiger partial charge >= 0.3 is 0 Å². The molecule has 0 N–H and O–H groups in total. The summed E-state index contributed by atoms with van der Waals surface area (Å²) in [7, 11) is 0. The number of aromatic nitrogens is 3. The Labute approximate surface area is 230 Å². The van der Waals surface area contributed by atoms with Gasteiger partial charge in [-0.15, -0.1) is 0 Å². The minimum atomic E-state index is 1.15. The number of pyridine rings is 2. The molecule has 3 heteroatoms. The van der Waals surface area contributed by atoms with Crippen LogP contribution < -0.4 is 0 Å². The standard InChI is InChI=1S/C37H23N3/c1-4-13-32-26(8-1)23-35-31-17-16-29-28-11-2-5-14-33(28)39(27-10-7-9-25(22-27)24-18-20-38-21-19-24)37(29)36(31)30-12-3-6-15-34(30)40(32)35/h1-23H. The lowest BCUT2D eigenvalue weighted by Gasteiger charge is -2.15. The van der Waals surface area contributed by atoms with E-state index in [-0.39, 0.29) is 0 Å². The SMILES string of the molecule is c1cc(-c2ccncc2)cc(-n2c3ccccc3c3ccc4c(c5ccccc5n5c6ccccc6cc45)c32)c1. The van der Waals surface area contributed by atoms with Gasteiger partial charge in [0, 0.05) is 50.4 Å². The largest absolute Gasteiger partial charge is 0.309 e. The molecule has 5 aromatic carbocycles. The van der Waals surface area contributed by atoms with Gasteiger partial charge in [0.15, 0.2) is 0 Å². The van der Waals surface area contributed by atoms with E-state index in [9.17, 15) is 0 Å². The fourth-order valence-electron chi connectivity index (χ4n) is 6.67. The van der Waals surface area contributed by atoms with Crippen LogP contribution in [0.25, 0.3) is 76.7 Å². The van der Waals surface area contributed by atoms with Crippen molar-refractivity contribution in [1.29, 1.82) is 0 Å². The number of para-hydroxylation sites is 3. The lowest BCUT2D eigenvalue weighted by atomic mass is 10.0. The van der Waals surface area contributed by atoms with E-state index in [0.29, 0.717) is 0 Å². The average Bonchev–Trinajstić information content (AvgIpc) is 3.58. The zero-order chi connectivity index (χ0) is 26.2. The van der Waals surface area contributed by atoms with Gasteiger partial charge in [0.1, 0.15) is 0 Å². The van der Waals surface area contributed by atoms with Crippen molar-refractivity contribution in [2.75, 3.05) is 0 Å². The second-order valence-corrected chi connectivity index (χ2v) is 10.5. The molecule has 9 rings (SSSR count). The Morgan fingerprint density at radius 1 is 0.450 bits per heavy atom. The molecule has 9 aromatic rings. The van der Waals surface area contributed by atoms with Crippen molar-refractivity contribution in [2.45, 2.75) is 0 Å². The number of fused-ring (bicyclic) bond motifs is 12. The first-order valence-electron chi connectivity index (χ1n) is 13.6. The van der Waals surface area contributed by atoms with E-state index in [1.807, 2.05) is 12.4 Å². The number of hydrogen-bond donors (Lipinski definition) is 0. The lowest BCUT2D eigenvalue weighted by molar-refractivity contribution is 1.19. The second-order valence-electron chi connectivity index (χ2n) is 10.5. The zero-order valence-electron chi connectivity index (χ0n) is 21.6. The van der Waals surface area contributed by atoms with E-state index >= 15 is 0 Å². The number of hydrogen-bond acceptors (Lipinski definition) is 1. The van der Waals surface area contributed by atoms with E-state index in [1.165, 1.54) is 65.5 Å². The highest BCUT2D eigenvalue weighted by Gasteiger charge is 2.20. The first-order valence-corrected chi connectivity index (χ1v) is 13.6. The molecule has 186 valence electrons. The zero-order valence-corrected chi connectivity index (χ0v) is 21.6. The fourth-order valence-corrected chi connectivity index (χ4v) is 6.67. The van der Waals surface area contributed by atoms with Crippen LogP contribution in [0.4, 0.5) is 0 Å². The molecular weight excluding hydrogens is 486 g/mol. The van der Waals surface area contributed by atoms with Gasteiger partial charge in [-0.05, 0) is 59.7 Å². The van der Waals surface area contributed by atoms with Gasteiger partial charge in [0.05, 0.1) is 27.6 Å². The summed E-state index contributed by atoms with van der Waals surface area (Å²) in [5.74, 6) is 0. The molecule has 3 nitrogen and oxygen atoms in total. The quantitative estimate of drug-likeness (QED) is 0.213. The van der Waals surface area contributed by atoms with Gasteiger partial charge < -0.3 is 8.97 Å². The van der Waals surface area contributed by atoms with E-state index in [1.54, 1.807) is 0 Å². The summed E-state index contributed by atoms with van der Waals surface area (Å²) in [5.41, 5.74) is 9.64. The topological polar surface area (TPSA) is 22.2 Å². The van der Waals surface area contributed by atoms with Crippen molar-refractivity contribution in [1.82, 2.24) is 14.0 Å². The summed E-state index contributed by atoms with van der Waals surface area (Å²) in [6.07, 6.45) is 3.71. The van der Waals surface area contributed by atoms with Crippen LogP contribution in [-0.2, 0) is 0 Å². The normalized spacial score (nSPS) is 12.0. The number of nitrogens with zero attached hydrogens (tertiary/aromatic N) is 3. The lowest BCUT2D eigenvalue weighted by Crippen LogP contribution is -1.97. The van der Waals surface area contributed by atoms with Gasteiger partial charge in [-0.1, -0.05) is 78.9 Å². The third-order valence-corrected chi connectivity index (χ3v) is 8.36. The Morgan fingerprint density at radius 2 is 1.15 bits per heavy atom. The molecule has 0 bridgehead atoms. The Kier molecular flexibility index (Phi) is 4.33. The molecule has 0 saturated carbocycles. The predicted molar refractivity (Wildman–Crippen MR) is 167 cm³/mol. The van der Waals surface area contributed by atoms with E-state index in [2.05, 4.69) is 141 Å². The van der Waals surface area contributed by atoms with Gasteiger partial charge in [-0.25, -0.2) is 0 Å². The summed E-state index contributed by atoms with van der Waals surface area (Å²) >= 11 is 0. The molecular formula is C37H23N3. The Morgan fingerprint density at radius 3 is 2.02 bits per heavy atom. The van der Waals surface area contributed by atoms with Crippen LogP contribution in [0, 0.1) is 0 Å². The molecule has 0 atom stereocenters. The van der Waals surface area contributed by atoms with Crippen LogP contribution in [0.1, 0.15) is 0 Å². The molecule has 40 heavy (non-hydrogen) atoms. The van der Waals surface area contributed by atoms with Crippen molar-refractivity contribution in [3.8, 4) is 16.8 Å². The molecule has 0 fully saturated rings. The van der Waals surface area contributed by atoms with Crippen molar-refractivity contribution in [3.63, 3.8) is 0 Å². The summed E-state index contributed by atoms with van der Waals surface area (Å²) in [6.45, 7) is 0. The molecule has 0 saturated heterocycles. The van der Waals surface area contributed by atoms with E-state index < -0.39 is 0 Å². The predicted octanol–water partition coefficient (Wildman–Crippen LogP) is 9.56. The maximum atomic E-state index is 4.22. The third-order valence-electron chi connectivity index (χ3n) is 8.36. The van der Waals surface area contributed by atoms with Crippen molar-refractivity contribution < 1.29 is 0 Å². The van der Waals surface area contributed by atoms with Crippen molar-refractivity contribution in [2.24, 2.45) is 0 Å². The van der Waals surface area contributed by atoms with Gasteiger partial charge in [-0.3, -0.25) is 4.98 Å². The van der Waals surface area contributed by atoms with Crippen LogP contribution in [-0.4, -0.2) is 14.0 Å². The number of benzene rings is 5. The van der Waals surface area contributed by atoms with E-state index in [4.69, 9.17) is 0 Å². The monoisotopic (exact) mass is 509 g/mol. The smallest absolute Gasteiger partial charge is 0.0627 e. The van der Waals surface area contributed by atoms with Gasteiger partial charge in [-0.2, -0.15) is 0 Å². The molecule has 4 heterocycles. The van der Waals surface area contributed by atoms with E-state index in [0.717, 1.165) is 11.3 Å². The molecule has 0 aliphatic rings. The van der Waals surface area contributed by atoms with Crippen LogP contribution in [0.15, 0.2) is 140 Å². The van der Waals surface area contributed by atoms with Crippen LogP contribution in [0.3, 0.4) is 0 Å². The van der Waals surface area contributed by atoms with Crippen molar-refractivity contribution >= 4 is 59.9 Å². The van der Waals surface area contributed by atoms with Crippen molar-refractivity contribution in [3.05, 3.63) is 140 Å². The average molecular weight is 510 g/mol. The summed E-state index contributed by atoms with van der Waals surface area (Å²) < 4.78 is 4.89. The first kappa shape index (κ1) is 21.5. The minimum Gasteiger partial charge on any atom is -0.309 e. The molecule has 0 unspecified atom stereocenters. The highest BCUT2D eigenvalue weighted by molar-refractivity contribution is 6.28. The van der Waals surface area contributed by atoms with Gasteiger partial charge in [0.2, 0.25) is 0 Å². The highest BCUT2D eigenvalue weighted by atomic mass is 15.0. The minimum absolute atomic E-state index is 1.15. The fraction of sp³-hybridized carbons (Fsp3) is 0. The second kappa shape index (κ2) is 8.05. The Hall–Kier alpha value is -5.41. The maximum absolute atomic E-state index is 4.22.